The molecule has 2 unspecified atom stereocenters. The van der Waals surface area contributed by atoms with Gasteiger partial charge in [0, 0.05) is 7.05 Å². The third-order valence-electron chi connectivity index (χ3n) is 3.22. The van der Waals surface area contributed by atoms with Crippen molar-refractivity contribution in [3.8, 4) is 0 Å². The zero-order chi connectivity index (χ0) is 13.1. The van der Waals surface area contributed by atoms with Crippen molar-refractivity contribution in [2.75, 3.05) is 17.7 Å². The molecule has 3 N–H and O–H groups in total. The number of hydrogen-bond donors (Lipinski definition) is 3. The molecule has 4 nitrogen and oxygen atoms in total. The third kappa shape index (κ3) is 2.99. The number of aliphatic hydroxyl groups excluding tert-OH is 1. The number of pyridine rings is 1. The van der Waals surface area contributed by atoms with Crippen LogP contribution in [0.5, 0.6) is 0 Å². The number of hydrogen-bond acceptors (Lipinski definition) is 4. The molecule has 18 heavy (non-hydrogen) atoms. The van der Waals surface area contributed by atoms with Crippen molar-refractivity contribution in [3.63, 3.8) is 0 Å². The first-order valence-corrected chi connectivity index (χ1v) is 6.86. The molecule has 0 bridgehead atoms. The highest BCUT2D eigenvalue weighted by atomic mass is 35.5. The molecular weight excluding hydrogens is 273 g/mol. The molecule has 100 valence electrons. The highest BCUT2D eigenvalue weighted by Crippen LogP contribution is 2.31. The van der Waals surface area contributed by atoms with E-state index in [1.807, 2.05) is 0 Å². The summed E-state index contributed by atoms with van der Waals surface area (Å²) in [7, 11) is 1.75. The second kappa shape index (κ2) is 5.95. The molecule has 1 heterocycles. The van der Waals surface area contributed by atoms with Crippen molar-refractivity contribution >= 4 is 34.8 Å². The van der Waals surface area contributed by atoms with Gasteiger partial charge >= 0.3 is 0 Å². The van der Waals surface area contributed by atoms with Gasteiger partial charge in [0.1, 0.15) is 11.6 Å². The van der Waals surface area contributed by atoms with Crippen LogP contribution in [0.15, 0.2) is 6.07 Å². The zero-order valence-electron chi connectivity index (χ0n) is 10.2. The van der Waals surface area contributed by atoms with E-state index in [-0.39, 0.29) is 12.1 Å². The maximum absolute atomic E-state index is 9.93. The Morgan fingerprint density at radius 3 is 2.56 bits per heavy atom. The molecule has 1 aromatic heterocycles. The summed E-state index contributed by atoms with van der Waals surface area (Å²) in [6.45, 7) is 0. The van der Waals surface area contributed by atoms with Gasteiger partial charge in [-0.05, 0) is 18.9 Å². The van der Waals surface area contributed by atoms with Gasteiger partial charge in [0.15, 0.2) is 0 Å². The predicted molar refractivity (Wildman–Crippen MR) is 75.7 cm³/mol. The van der Waals surface area contributed by atoms with Crippen LogP contribution in [0, 0.1) is 0 Å². The summed E-state index contributed by atoms with van der Waals surface area (Å²) in [6, 6.07) is 1.66. The van der Waals surface area contributed by atoms with Gasteiger partial charge in [-0.15, -0.1) is 0 Å². The zero-order valence-corrected chi connectivity index (χ0v) is 11.7. The maximum Gasteiger partial charge on any atom is 0.147 e. The molecule has 0 amide bonds. The van der Waals surface area contributed by atoms with Crippen LogP contribution in [0.2, 0.25) is 10.0 Å². The summed E-state index contributed by atoms with van der Waals surface area (Å²) >= 11 is 12.1. The summed E-state index contributed by atoms with van der Waals surface area (Å²) in [4.78, 5) is 4.32. The van der Waals surface area contributed by atoms with E-state index >= 15 is 0 Å². The van der Waals surface area contributed by atoms with Crippen LogP contribution in [0.1, 0.15) is 25.7 Å². The molecule has 1 aromatic rings. The highest BCUT2D eigenvalue weighted by molar-refractivity contribution is 6.37. The lowest BCUT2D eigenvalue weighted by Crippen LogP contribution is -2.36. The van der Waals surface area contributed by atoms with E-state index < -0.39 is 0 Å². The fraction of sp³-hybridized carbons (Fsp3) is 0.583. The Bertz CT molecular complexity index is 428. The van der Waals surface area contributed by atoms with Crippen LogP contribution >= 0.6 is 23.2 Å². The van der Waals surface area contributed by atoms with E-state index in [0.29, 0.717) is 21.7 Å². The molecule has 0 spiro atoms. The Hall–Kier alpha value is -0.710. The van der Waals surface area contributed by atoms with Crippen molar-refractivity contribution in [1.29, 1.82) is 0 Å². The minimum absolute atomic E-state index is 0.00892. The van der Waals surface area contributed by atoms with Crippen molar-refractivity contribution in [1.82, 2.24) is 4.98 Å². The third-order valence-corrected chi connectivity index (χ3v) is 3.79. The lowest BCUT2D eigenvalue weighted by molar-refractivity contribution is 0.116. The highest BCUT2D eigenvalue weighted by Gasteiger charge is 2.24. The molecule has 6 heteroatoms. The molecule has 0 radical (unpaired) electrons. The monoisotopic (exact) mass is 289 g/mol. The molecule has 1 aliphatic rings. The molecule has 2 atom stereocenters. The van der Waals surface area contributed by atoms with Crippen LogP contribution in [-0.4, -0.2) is 29.3 Å². The second-order valence-electron chi connectivity index (χ2n) is 4.50. The Balaban J connectivity index is 2.17. The summed E-state index contributed by atoms with van der Waals surface area (Å²) in [5.41, 5.74) is 0. The SMILES string of the molecule is CNc1nc(NC2CCCCC2O)c(Cl)cc1Cl. The van der Waals surface area contributed by atoms with Crippen molar-refractivity contribution in [2.45, 2.75) is 37.8 Å². The minimum atomic E-state index is -0.342. The lowest BCUT2D eigenvalue weighted by Gasteiger charge is -2.29. The predicted octanol–water partition coefficient (Wildman–Crippen LogP) is 3.15. The molecule has 0 saturated heterocycles. The van der Waals surface area contributed by atoms with Gasteiger partial charge in [-0.2, -0.15) is 0 Å². The minimum Gasteiger partial charge on any atom is -0.391 e. The van der Waals surface area contributed by atoms with E-state index in [4.69, 9.17) is 23.2 Å². The molecule has 1 aliphatic carbocycles. The molecule has 1 fully saturated rings. The van der Waals surface area contributed by atoms with Crippen LogP contribution in [0.25, 0.3) is 0 Å². The second-order valence-corrected chi connectivity index (χ2v) is 5.32. The Morgan fingerprint density at radius 1 is 1.22 bits per heavy atom. The Labute approximate surface area is 117 Å². The first-order valence-electron chi connectivity index (χ1n) is 6.10. The summed E-state index contributed by atoms with van der Waals surface area (Å²) in [5, 5.41) is 17.0. The van der Waals surface area contributed by atoms with Crippen LogP contribution in [0.4, 0.5) is 11.6 Å². The van der Waals surface area contributed by atoms with E-state index in [2.05, 4.69) is 15.6 Å². The normalized spacial score (nSPS) is 23.8. The van der Waals surface area contributed by atoms with E-state index in [0.717, 1.165) is 25.7 Å². The van der Waals surface area contributed by atoms with Gasteiger partial charge in [0.2, 0.25) is 0 Å². The number of nitrogens with zero attached hydrogens (tertiary/aromatic N) is 1. The van der Waals surface area contributed by atoms with Gasteiger partial charge in [-0.3, -0.25) is 0 Å². The number of aromatic nitrogens is 1. The summed E-state index contributed by atoms with van der Waals surface area (Å²) < 4.78 is 0. The number of rotatable bonds is 3. The number of nitrogens with one attached hydrogen (secondary N) is 2. The fourth-order valence-corrected chi connectivity index (χ4v) is 2.71. The molecular formula is C12H17Cl2N3O. The van der Waals surface area contributed by atoms with Crippen LogP contribution in [-0.2, 0) is 0 Å². The quantitative estimate of drug-likeness (QED) is 0.800. The first kappa shape index (κ1) is 13.7. The van der Waals surface area contributed by atoms with E-state index in [1.54, 1.807) is 13.1 Å². The topological polar surface area (TPSA) is 57.2 Å². The van der Waals surface area contributed by atoms with E-state index in [9.17, 15) is 5.11 Å². The number of aliphatic hydroxyl groups is 1. The number of halogens is 2. The molecule has 0 aliphatic heterocycles. The largest absolute Gasteiger partial charge is 0.391 e. The van der Waals surface area contributed by atoms with Crippen molar-refractivity contribution in [3.05, 3.63) is 16.1 Å². The lowest BCUT2D eigenvalue weighted by atomic mass is 9.92. The van der Waals surface area contributed by atoms with Crippen LogP contribution in [0.3, 0.4) is 0 Å². The number of anilines is 2. The van der Waals surface area contributed by atoms with Gasteiger partial charge in [0.05, 0.1) is 22.2 Å². The van der Waals surface area contributed by atoms with Gasteiger partial charge in [-0.1, -0.05) is 36.0 Å². The first-order chi connectivity index (χ1) is 8.61. The van der Waals surface area contributed by atoms with Gasteiger partial charge in [0.25, 0.3) is 0 Å². The molecule has 0 aromatic carbocycles. The summed E-state index contributed by atoms with van der Waals surface area (Å²) in [6.07, 6.45) is 3.59. The smallest absolute Gasteiger partial charge is 0.147 e. The average Bonchev–Trinajstić information content (AvgIpc) is 2.35. The van der Waals surface area contributed by atoms with E-state index in [1.165, 1.54) is 0 Å². The average molecular weight is 290 g/mol. The molecule has 2 rings (SSSR count). The maximum atomic E-state index is 9.93. The Kier molecular flexibility index (Phi) is 4.54. The molecule has 1 saturated carbocycles. The standard InChI is InChI=1S/C12H17Cl2N3O/c1-15-11-7(13)6-8(14)12(17-11)16-9-4-2-3-5-10(9)18/h6,9-10,18H,2-5H2,1H3,(H2,15,16,17). The van der Waals surface area contributed by atoms with Crippen LogP contribution < -0.4 is 10.6 Å². The fourth-order valence-electron chi connectivity index (χ4n) is 2.20. The van der Waals surface area contributed by atoms with Gasteiger partial charge in [-0.25, -0.2) is 4.98 Å². The summed E-state index contributed by atoms with van der Waals surface area (Å²) in [5.74, 6) is 1.14. The van der Waals surface area contributed by atoms with Crippen molar-refractivity contribution < 1.29 is 5.11 Å². The Morgan fingerprint density at radius 2 is 1.89 bits per heavy atom. The van der Waals surface area contributed by atoms with Gasteiger partial charge < -0.3 is 15.7 Å². The van der Waals surface area contributed by atoms with Crippen molar-refractivity contribution in [2.24, 2.45) is 0 Å².